The minimum Gasteiger partial charge on any atom is -0.481 e. The molecule has 3 heteroatoms. The van der Waals surface area contributed by atoms with E-state index < -0.39 is 5.97 Å². The lowest BCUT2D eigenvalue weighted by Crippen LogP contribution is -2.22. The maximum atomic E-state index is 11.5. The zero-order valence-electron chi connectivity index (χ0n) is 11.5. The topological polar surface area (TPSA) is 54.4 Å². The molecule has 3 nitrogen and oxygen atoms in total. The summed E-state index contributed by atoms with van der Waals surface area (Å²) < 4.78 is 0. The number of rotatable bonds is 5. The van der Waals surface area contributed by atoms with Gasteiger partial charge < -0.3 is 5.11 Å². The van der Waals surface area contributed by atoms with E-state index in [9.17, 15) is 9.59 Å². The third-order valence-electron chi connectivity index (χ3n) is 3.54. The van der Waals surface area contributed by atoms with Crippen LogP contribution in [0.15, 0.2) is 0 Å². The van der Waals surface area contributed by atoms with Crippen LogP contribution in [0.3, 0.4) is 0 Å². The van der Waals surface area contributed by atoms with Crippen molar-refractivity contribution in [2.45, 2.75) is 59.8 Å². The Morgan fingerprint density at radius 1 is 1.47 bits per heavy atom. The first kappa shape index (κ1) is 16.1. The van der Waals surface area contributed by atoms with Crippen molar-refractivity contribution in [3.05, 3.63) is 0 Å². The molecule has 0 spiro atoms. The second-order valence-electron chi connectivity index (χ2n) is 4.62. The molecule has 0 aromatic rings. The van der Waals surface area contributed by atoms with Gasteiger partial charge in [0, 0.05) is 12.3 Å². The Hall–Kier alpha value is -0.860. The molecular formula is C14H26O3. The summed E-state index contributed by atoms with van der Waals surface area (Å²) in [5.41, 5.74) is 0. The van der Waals surface area contributed by atoms with Crippen LogP contribution in [0, 0.1) is 17.8 Å². The number of ketones is 1. The van der Waals surface area contributed by atoms with E-state index in [2.05, 4.69) is 0 Å². The first-order valence-corrected chi connectivity index (χ1v) is 6.81. The third kappa shape index (κ3) is 4.88. The van der Waals surface area contributed by atoms with Crippen LogP contribution in [-0.2, 0) is 9.59 Å². The molecule has 0 saturated heterocycles. The van der Waals surface area contributed by atoms with Crippen LogP contribution < -0.4 is 0 Å². The fraction of sp³-hybridized carbons (Fsp3) is 0.857. The molecule has 3 atom stereocenters. The average Bonchev–Trinajstić information content (AvgIpc) is 2.74. The minimum absolute atomic E-state index is 0.124. The Morgan fingerprint density at radius 2 is 2.06 bits per heavy atom. The molecule has 0 aromatic heterocycles. The van der Waals surface area contributed by atoms with Crippen LogP contribution in [0.25, 0.3) is 0 Å². The lowest BCUT2D eigenvalue weighted by atomic mass is 9.83. The summed E-state index contributed by atoms with van der Waals surface area (Å²) in [6, 6.07) is 0. The number of carboxylic acids is 1. The predicted octanol–water partition coefficient (Wildman–Crippen LogP) is 3.52. The average molecular weight is 242 g/mol. The largest absolute Gasteiger partial charge is 0.481 e. The van der Waals surface area contributed by atoms with Gasteiger partial charge in [-0.3, -0.25) is 9.59 Å². The summed E-state index contributed by atoms with van der Waals surface area (Å²) in [6.45, 7) is 7.90. The van der Waals surface area contributed by atoms with E-state index in [1.165, 1.54) is 0 Å². The summed E-state index contributed by atoms with van der Waals surface area (Å²) >= 11 is 0. The Labute approximate surface area is 105 Å². The number of carbonyl (C=O) groups is 2. The van der Waals surface area contributed by atoms with Crippen molar-refractivity contribution in [1.82, 2.24) is 0 Å². The van der Waals surface area contributed by atoms with E-state index in [-0.39, 0.29) is 17.8 Å². The van der Waals surface area contributed by atoms with Crippen LogP contribution in [0.2, 0.25) is 0 Å². The fourth-order valence-electron chi connectivity index (χ4n) is 2.50. The molecule has 1 saturated carbocycles. The SMILES string of the molecule is CC.CCC(CC(C)C1CCCC1=O)C(=O)O. The molecule has 0 heterocycles. The maximum Gasteiger partial charge on any atom is 0.306 e. The monoisotopic (exact) mass is 242 g/mol. The van der Waals surface area contributed by atoms with Crippen LogP contribution in [0.4, 0.5) is 0 Å². The van der Waals surface area contributed by atoms with Gasteiger partial charge in [0.1, 0.15) is 5.78 Å². The van der Waals surface area contributed by atoms with Crippen molar-refractivity contribution in [3.63, 3.8) is 0 Å². The van der Waals surface area contributed by atoms with E-state index in [1.54, 1.807) is 0 Å². The summed E-state index contributed by atoms with van der Waals surface area (Å²) in [7, 11) is 0. The van der Waals surface area contributed by atoms with Crippen molar-refractivity contribution in [1.29, 1.82) is 0 Å². The first-order chi connectivity index (χ1) is 8.06. The van der Waals surface area contributed by atoms with Gasteiger partial charge in [0.25, 0.3) is 0 Å². The lowest BCUT2D eigenvalue weighted by Gasteiger charge is -2.20. The highest BCUT2D eigenvalue weighted by molar-refractivity contribution is 5.83. The number of aliphatic carboxylic acids is 1. The normalized spacial score (nSPS) is 22.6. The van der Waals surface area contributed by atoms with Crippen LogP contribution in [0.5, 0.6) is 0 Å². The van der Waals surface area contributed by atoms with Crippen molar-refractivity contribution in [2.24, 2.45) is 17.8 Å². The maximum absolute atomic E-state index is 11.5. The van der Waals surface area contributed by atoms with Gasteiger partial charge in [0.2, 0.25) is 0 Å². The molecule has 1 N–H and O–H groups in total. The molecular weight excluding hydrogens is 216 g/mol. The molecule has 3 unspecified atom stereocenters. The Balaban J connectivity index is 0.00000121. The van der Waals surface area contributed by atoms with Crippen molar-refractivity contribution >= 4 is 11.8 Å². The zero-order valence-corrected chi connectivity index (χ0v) is 11.5. The fourth-order valence-corrected chi connectivity index (χ4v) is 2.50. The number of hydrogen-bond donors (Lipinski definition) is 1. The predicted molar refractivity (Wildman–Crippen MR) is 68.9 cm³/mol. The third-order valence-corrected chi connectivity index (χ3v) is 3.54. The molecule has 0 radical (unpaired) electrons. The highest BCUT2D eigenvalue weighted by atomic mass is 16.4. The quantitative estimate of drug-likeness (QED) is 0.802. The molecule has 0 bridgehead atoms. The molecule has 1 rings (SSSR count). The molecule has 0 aliphatic heterocycles. The van der Waals surface area contributed by atoms with Gasteiger partial charge in [0.15, 0.2) is 0 Å². The van der Waals surface area contributed by atoms with E-state index in [1.807, 2.05) is 27.7 Å². The second kappa shape index (κ2) is 8.26. The van der Waals surface area contributed by atoms with Gasteiger partial charge in [-0.2, -0.15) is 0 Å². The molecule has 0 amide bonds. The van der Waals surface area contributed by atoms with Gasteiger partial charge in [-0.1, -0.05) is 27.7 Å². The Kier molecular flexibility index (Phi) is 7.85. The van der Waals surface area contributed by atoms with Gasteiger partial charge in [0.05, 0.1) is 5.92 Å². The van der Waals surface area contributed by atoms with E-state index in [0.29, 0.717) is 25.0 Å². The lowest BCUT2D eigenvalue weighted by molar-refractivity contribution is -0.143. The summed E-state index contributed by atoms with van der Waals surface area (Å²) in [6.07, 6.45) is 3.93. The summed E-state index contributed by atoms with van der Waals surface area (Å²) in [5, 5.41) is 8.95. The van der Waals surface area contributed by atoms with Crippen molar-refractivity contribution in [3.8, 4) is 0 Å². The van der Waals surface area contributed by atoms with Crippen LogP contribution in [-0.4, -0.2) is 16.9 Å². The molecule has 0 aromatic carbocycles. The zero-order chi connectivity index (χ0) is 13.4. The Morgan fingerprint density at radius 3 is 2.41 bits per heavy atom. The summed E-state index contributed by atoms with van der Waals surface area (Å²) in [4.78, 5) is 22.4. The number of hydrogen-bond acceptors (Lipinski definition) is 2. The van der Waals surface area contributed by atoms with Crippen LogP contribution in [0.1, 0.15) is 59.8 Å². The Bertz CT molecular complexity index is 248. The number of Topliss-reactive ketones (excluding diaryl/α,β-unsaturated/α-hetero) is 1. The van der Waals surface area contributed by atoms with Gasteiger partial charge in [-0.15, -0.1) is 0 Å². The van der Waals surface area contributed by atoms with Crippen LogP contribution >= 0.6 is 0 Å². The van der Waals surface area contributed by atoms with Gasteiger partial charge in [-0.05, 0) is 31.6 Å². The first-order valence-electron chi connectivity index (χ1n) is 6.81. The molecule has 100 valence electrons. The van der Waals surface area contributed by atoms with Gasteiger partial charge >= 0.3 is 5.97 Å². The second-order valence-corrected chi connectivity index (χ2v) is 4.62. The van der Waals surface area contributed by atoms with E-state index in [4.69, 9.17) is 5.11 Å². The number of carbonyl (C=O) groups excluding carboxylic acids is 1. The van der Waals surface area contributed by atoms with Gasteiger partial charge in [-0.25, -0.2) is 0 Å². The summed E-state index contributed by atoms with van der Waals surface area (Å²) in [5.74, 6) is -0.328. The number of carboxylic acid groups (broad SMARTS) is 1. The molecule has 1 aliphatic carbocycles. The highest BCUT2D eigenvalue weighted by Crippen LogP contribution is 2.32. The molecule has 1 fully saturated rings. The minimum atomic E-state index is -0.727. The molecule has 1 aliphatic rings. The smallest absolute Gasteiger partial charge is 0.306 e. The molecule has 17 heavy (non-hydrogen) atoms. The highest BCUT2D eigenvalue weighted by Gasteiger charge is 2.31. The van der Waals surface area contributed by atoms with Crippen molar-refractivity contribution < 1.29 is 14.7 Å². The standard InChI is InChI=1S/C12H20O3.C2H6/c1-3-9(12(14)15)7-8(2)10-5-4-6-11(10)13;1-2/h8-10H,3-7H2,1-2H3,(H,14,15);1-2H3. The van der Waals surface area contributed by atoms with E-state index >= 15 is 0 Å². The van der Waals surface area contributed by atoms with E-state index in [0.717, 1.165) is 12.8 Å². The van der Waals surface area contributed by atoms with Crippen molar-refractivity contribution in [2.75, 3.05) is 0 Å².